The monoisotopic (exact) mass is 372 g/mol. The summed E-state index contributed by atoms with van der Waals surface area (Å²) in [6.45, 7) is 8.88. The topological polar surface area (TPSA) is 98.5 Å². The Bertz CT molecular complexity index is 685. The number of hydrogen-bond acceptors (Lipinski definition) is 5. The van der Waals surface area contributed by atoms with E-state index in [0.717, 1.165) is 13.1 Å². The standard InChI is InChI=1S/C17H29N3O4S/c1-5-20(6-2,10-9-19-14(3)21)11-12-25(22,23)15-7-8-17(24-4)16(18)13-15/h7-8,13H,5-6,9-12,18H2,1-4H3/p+1. The van der Waals surface area contributed by atoms with Gasteiger partial charge in [0.25, 0.3) is 0 Å². The van der Waals surface area contributed by atoms with Crippen LogP contribution in [0.2, 0.25) is 0 Å². The Morgan fingerprint density at radius 2 is 1.88 bits per heavy atom. The normalized spacial score (nSPS) is 12.0. The number of ether oxygens (including phenoxy) is 1. The maximum absolute atomic E-state index is 12.7. The van der Waals surface area contributed by atoms with Crippen molar-refractivity contribution in [2.24, 2.45) is 0 Å². The van der Waals surface area contributed by atoms with E-state index in [1.165, 1.54) is 26.2 Å². The van der Waals surface area contributed by atoms with Crippen molar-refractivity contribution in [3.05, 3.63) is 18.2 Å². The Morgan fingerprint density at radius 1 is 1.24 bits per heavy atom. The molecule has 8 heteroatoms. The predicted octanol–water partition coefficient (Wildman–Crippen LogP) is 1.04. The lowest BCUT2D eigenvalue weighted by Gasteiger charge is -2.36. The van der Waals surface area contributed by atoms with E-state index in [0.29, 0.717) is 35.6 Å². The molecule has 0 saturated carbocycles. The lowest BCUT2D eigenvalue weighted by Crippen LogP contribution is -2.53. The minimum absolute atomic E-state index is 0.0283. The Labute approximate surface area is 150 Å². The molecule has 0 aliphatic heterocycles. The quantitative estimate of drug-likeness (QED) is 0.472. The first-order valence-corrected chi connectivity index (χ1v) is 10.1. The van der Waals surface area contributed by atoms with Crippen LogP contribution in [0.4, 0.5) is 5.69 Å². The zero-order chi connectivity index (χ0) is 19.1. The van der Waals surface area contributed by atoms with Crippen molar-refractivity contribution < 1.29 is 22.4 Å². The number of carbonyl (C=O) groups excluding carboxylic acids is 1. The van der Waals surface area contributed by atoms with Crippen LogP contribution in [0.25, 0.3) is 0 Å². The summed E-state index contributed by atoms with van der Waals surface area (Å²) in [5, 5.41) is 2.78. The third-order valence-corrected chi connectivity index (χ3v) is 6.39. The highest BCUT2D eigenvalue weighted by Crippen LogP contribution is 2.25. The highest BCUT2D eigenvalue weighted by atomic mass is 32.2. The van der Waals surface area contributed by atoms with Crippen molar-refractivity contribution in [2.45, 2.75) is 25.7 Å². The Balaban J connectivity index is 2.86. The first-order valence-electron chi connectivity index (χ1n) is 8.45. The minimum atomic E-state index is -3.44. The van der Waals surface area contributed by atoms with Gasteiger partial charge in [-0.1, -0.05) is 0 Å². The first kappa shape index (κ1) is 21.2. The predicted molar refractivity (Wildman–Crippen MR) is 99.2 cm³/mol. The maximum Gasteiger partial charge on any atom is 0.217 e. The van der Waals surface area contributed by atoms with E-state index in [1.807, 2.05) is 13.8 Å². The van der Waals surface area contributed by atoms with E-state index in [9.17, 15) is 13.2 Å². The van der Waals surface area contributed by atoms with Crippen LogP contribution in [0.3, 0.4) is 0 Å². The second-order valence-corrected chi connectivity index (χ2v) is 8.24. The molecule has 0 unspecified atom stereocenters. The molecule has 0 aliphatic rings. The van der Waals surface area contributed by atoms with Crippen LogP contribution in [0.5, 0.6) is 5.75 Å². The summed E-state index contributed by atoms with van der Waals surface area (Å²) in [7, 11) is -1.95. The number of nitrogens with zero attached hydrogens (tertiary/aromatic N) is 1. The van der Waals surface area contributed by atoms with Crippen LogP contribution in [0.1, 0.15) is 20.8 Å². The molecule has 0 bridgehead atoms. The molecular formula is C17H30N3O4S+. The Kier molecular flexibility index (Phi) is 7.69. The van der Waals surface area contributed by atoms with Gasteiger partial charge in [0.2, 0.25) is 5.91 Å². The summed E-state index contributed by atoms with van der Waals surface area (Å²) in [4.78, 5) is 11.3. The van der Waals surface area contributed by atoms with E-state index >= 15 is 0 Å². The summed E-state index contributed by atoms with van der Waals surface area (Å²) in [5.41, 5.74) is 6.13. The van der Waals surface area contributed by atoms with Gasteiger partial charge in [0.1, 0.15) is 11.5 Å². The molecule has 1 aromatic carbocycles. The van der Waals surface area contributed by atoms with Gasteiger partial charge in [-0.2, -0.15) is 0 Å². The van der Waals surface area contributed by atoms with E-state index in [1.54, 1.807) is 6.07 Å². The third-order valence-electron chi connectivity index (χ3n) is 4.70. The molecule has 0 spiro atoms. The molecule has 25 heavy (non-hydrogen) atoms. The summed E-state index contributed by atoms with van der Waals surface area (Å²) in [6, 6.07) is 4.53. The molecule has 7 nitrogen and oxygen atoms in total. The zero-order valence-electron chi connectivity index (χ0n) is 15.5. The second kappa shape index (κ2) is 9.05. The van der Waals surface area contributed by atoms with Crippen molar-refractivity contribution in [2.75, 3.05) is 51.3 Å². The van der Waals surface area contributed by atoms with Crippen molar-refractivity contribution in [3.63, 3.8) is 0 Å². The van der Waals surface area contributed by atoms with Crippen LogP contribution in [-0.4, -0.2) is 64.4 Å². The SMILES string of the molecule is CC[N+](CC)(CCNC(C)=O)CCS(=O)(=O)c1ccc(OC)c(N)c1. The van der Waals surface area contributed by atoms with E-state index in [2.05, 4.69) is 5.32 Å². The number of benzene rings is 1. The number of sulfone groups is 1. The number of rotatable bonds is 10. The lowest BCUT2D eigenvalue weighted by atomic mass is 10.3. The molecule has 1 amide bonds. The number of likely N-dealkylation sites (N-methyl/N-ethyl adjacent to an activating group) is 1. The molecule has 0 fully saturated rings. The molecule has 3 N–H and O–H groups in total. The average molecular weight is 373 g/mol. The molecule has 0 heterocycles. The van der Waals surface area contributed by atoms with Crippen molar-refractivity contribution >= 4 is 21.4 Å². The summed E-state index contributed by atoms with van der Waals surface area (Å²) >= 11 is 0. The molecule has 0 saturated heterocycles. The van der Waals surface area contributed by atoms with Gasteiger partial charge in [-0.15, -0.1) is 0 Å². The van der Waals surface area contributed by atoms with Crippen LogP contribution in [0.15, 0.2) is 23.1 Å². The van der Waals surface area contributed by atoms with E-state index in [-0.39, 0.29) is 16.6 Å². The van der Waals surface area contributed by atoms with Gasteiger partial charge in [0, 0.05) is 6.92 Å². The minimum Gasteiger partial charge on any atom is -0.495 e. The van der Waals surface area contributed by atoms with Crippen molar-refractivity contribution in [1.29, 1.82) is 0 Å². The highest BCUT2D eigenvalue weighted by molar-refractivity contribution is 7.91. The number of quaternary nitrogens is 1. The molecule has 0 aromatic heterocycles. The molecule has 0 radical (unpaired) electrons. The molecule has 1 aromatic rings. The largest absolute Gasteiger partial charge is 0.495 e. The van der Waals surface area contributed by atoms with Crippen LogP contribution in [0, 0.1) is 0 Å². The fourth-order valence-electron chi connectivity index (χ4n) is 2.77. The van der Waals surface area contributed by atoms with Crippen LogP contribution >= 0.6 is 0 Å². The molecule has 142 valence electrons. The molecule has 0 atom stereocenters. The number of nitrogen functional groups attached to an aromatic ring is 1. The molecule has 1 rings (SSSR count). The van der Waals surface area contributed by atoms with E-state index in [4.69, 9.17) is 10.5 Å². The molecule has 0 aliphatic carbocycles. The fraction of sp³-hybridized carbons (Fsp3) is 0.588. The number of nitrogens with two attached hydrogens (primary N) is 1. The van der Waals surface area contributed by atoms with Gasteiger partial charge in [-0.3, -0.25) is 4.79 Å². The summed E-state index contributed by atoms with van der Waals surface area (Å²) in [6.07, 6.45) is 0. The average Bonchev–Trinajstić information content (AvgIpc) is 2.58. The fourth-order valence-corrected chi connectivity index (χ4v) is 4.22. The number of hydrogen-bond donors (Lipinski definition) is 2. The molecular weight excluding hydrogens is 342 g/mol. The maximum atomic E-state index is 12.7. The van der Waals surface area contributed by atoms with Gasteiger partial charge in [0.15, 0.2) is 9.84 Å². The van der Waals surface area contributed by atoms with Crippen LogP contribution in [-0.2, 0) is 14.6 Å². The summed E-state index contributed by atoms with van der Waals surface area (Å²) in [5.74, 6) is 0.411. The van der Waals surface area contributed by atoms with Gasteiger partial charge < -0.3 is 20.3 Å². The number of carbonyl (C=O) groups is 1. The lowest BCUT2D eigenvalue weighted by molar-refractivity contribution is -0.921. The van der Waals surface area contributed by atoms with Crippen LogP contribution < -0.4 is 15.8 Å². The van der Waals surface area contributed by atoms with Crippen molar-refractivity contribution in [3.8, 4) is 5.75 Å². The van der Waals surface area contributed by atoms with Crippen molar-refractivity contribution in [1.82, 2.24) is 5.32 Å². The second-order valence-electron chi connectivity index (χ2n) is 6.13. The highest BCUT2D eigenvalue weighted by Gasteiger charge is 2.27. The zero-order valence-corrected chi connectivity index (χ0v) is 16.4. The van der Waals surface area contributed by atoms with Gasteiger partial charge >= 0.3 is 0 Å². The third kappa shape index (κ3) is 5.89. The number of methoxy groups -OCH3 is 1. The Hall–Kier alpha value is -1.80. The van der Waals surface area contributed by atoms with E-state index < -0.39 is 9.84 Å². The Morgan fingerprint density at radius 3 is 2.36 bits per heavy atom. The van der Waals surface area contributed by atoms with Gasteiger partial charge in [0.05, 0.1) is 50.4 Å². The van der Waals surface area contributed by atoms with Gasteiger partial charge in [-0.25, -0.2) is 8.42 Å². The number of amides is 1. The van der Waals surface area contributed by atoms with Gasteiger partial charge in [-0.05, 0) is 32.0 Å². The first-order chi connectivity index (χ1) is 11.7. The summed E-state index contributed by atoms with van der Waals surface area (Å²) < 4.78 is 31.0. The number of anilines is 1. The smallest absolute Gasteiger partial charge is 0.217 e. The number of nitrogens with one attached hydrogen (secondary N) is 1.